The van der Waals surface area contributed by atoms with Gasteiger partial charge in [-0.2, -0.15) is 0 Å². The highest BCUT2D eigenvalue weighted by molar-refractivity contribution is 5.81. The van der Waals surface area contributed by atoms with Crippen molar-refractivity contribution in [1.29, 1.82) is 0 Å². The molecule has 2 aromatic rings. The number of ether oxygens (including phenoxy) is 1. The fourth-order valence-corrected chi connectivity index (χ4v) is 1.60. The molecule has 0 radical (unpaired) electrons. The molecule has 4 heteroatoms. The van der Waals surface area contributed by atoms with Gasteiger partial charge in [-0.3, -0.25) is 0 Å². The van der Waals surface area contributed by atoms with Crippen LogP contribution in [0, 0.1) is 6.92 Å². The normalized spacial score (nSPS) is 11.2. The summed E-state index contributed by atoms with van der Waals surface area (Å²) in [6.45, 7) is 1.90. The summed E-state index contributed by atoms with van der Waals surface area (Å²) in [5.41, 5.74) is 1.63. The van der Waals surface area contributed by atoms with Crippen molar-refractivity contribution in [2.75, 3.05) is 7.11 Å². The van der Waals surface area contributed by atoms with Gasteiger partial charge in [0.2, 0.25) is 5.75 Å². The van der Waals surface area contributed by atoms with E-state index in [1.807, 2.05) is 13.0 Å². The van der Waals surface area contributed by atoms with Crippen molar-refractivity contribution in [2.45, 2.75) is 6.92 Å². The summed E-state index contributed by atoms with van der Waals surface area (Å²) < 4.78 is 9.82. The van der Waals surface area contributed by atoms with Crippen LogP contribution in [0.3, 0.4) is 0 Å². The van der Waals surface area contributed by atoms with Gasteiger partial charge in [-0.05, 0) is 42.3 Å². The van der Waals surface area contributed by atoms with Crippen LogP contribution in [0.15, 0.2) is 33.7 Å². The second kappa shape index (κ2) is 4.33. The fourth-order valence-electron chi connectivity index (χ4n) is 1.60. The third-order valence-electron chi connectivity index (χ3n) is 2.49. The van der Waals surface area contributed by atoms with Crippen molar-refractivity contribution in [3.05, 3.63) is 46.0 Å². The van der Waals surface area contributed by atoms with E-state index in [-0.39, 0.29) is 5.75 Å². The van der Waals surface area contributed by atoms with Gasteiger partial charge in [-0.1, -0.05) is 0 Å². The second-order valence-corrected chi connectivity index (χ2v) is 3.70. The molecule has 4 nitrogen and oxygen atoms in total. The number of fused-ring (bicyclic) bond motifs is 1. The molecule has 1 heterocycles. The zero-order valence-corrected chi connectivity index (χ0v) is 9.56. The number of methoxy groups -OCH3 is 1. The van der Waals surface area contributed by atoms with Crippen molar-refractivity contribution < 1.29 is 14.3 Å². The van der Waals surface area contributed by atoms with Crippen LogP contribution < -0.4 is 5.63 Å². The van der Waals surface area contributed by atoms with Gasteiger partial charge in [0.25, 0.3) is 0 Å². The minimum Gasteiger partial charge on any atom is -0.504 e. The number of rotatable bonds is 2. The highest BCUT2D eigenvalue weighted by Gasteiger charge is 2.05. The first-order valence-electron chi connectivity index (χ1n) is 5.08. The maximum atomic E-state index is 11.2. The predicted octanol–water partition coefficient (Wildman–Crippen LogP) is 2.42. The third kappa shape index (κ3) is 2.15. The summed E-state index contributed by atoms with van der Waals surface area (Å²) >= 11 is 0. The van der Waals surface area contributed by atoms with Crippen LogP contribution in [0.1, 0.15) is 11.1 Å². The molecule has 0 aliphatic carbocycles. The van der Waals surface area contributed by atoms with Crippen LogP contribution in [-0.4, -0.2) is 12.2 Å². The Hall–Kier alpha value is -2.23. The molecule has 0 unspecified atom stereocenters. The molecule has 0 amide bonds. The molecule has 0 saturated carbocycles. The van der Waals surface area contributed by atoms with Gasteiger partial charge >= 0.3 is 5.63 Å². The van der Waals surface area contributed by atoms with Gasteiger partial charge in [0.15, 0.2) is 0 Å². The quantitative estimate of drug-likeness (QED) is 0.638. The van der Waals surface area contributed by atoms with E-state index in [1.54, 1.807) is 25.5 Å². The van der Waals surface area contributed by atoms with Crippen LogP contribution >= 0.6 is 0 Å². The van der Waals surface area contributed by atoms with E-state index in [0.29, 0.717) is 11.0 Å². The van der Waals surface area contributed by atoms with E-state index in [1.165, 1.54) is 6.07 Å². The molecule has 2 rings (SSSR count). The van der Waals surface area contributed by atoms with Gasteiger partial charge in [0, 0.05) is 5.39 Å². The predicted molar refractivity (Wildman–Crippen MR) is 64.9 cm³/mol. The number of benzene rings is 1. The number of hydrogen-bond donors (Lipinski definition) is 1. The molecule has 17 heavy (non-hydrogen) atoms. The molecule has 1 aromatic carbocycles. The Kier molecular flexibility index (Phi) is 2.87. The Labute approximate surface area is 97.8 Å². The number of aryl methyl sites for hydroxylation is 1. The molecule has 0 aliphatic heterocycles. The highest BCUT2D eigenvalue weighted by atomic mass is 16.5. The third-order valence-corrected chi connectivity index (χ3v) is 2.49. The Morgan fingerprint density at radius 2 is 2.12 bits per heavy atom. The molecule has 0 bridgehead atoms. The van der Waals surface area contributed by atoms with Gasteiger partial charge in [-0.15, -0.1) is 0 Å². The van der Waals surface area contributed by atoms with E-state index in [2.05, 4.69) is 0 Å². The summed E-state index contributed by atoms with van der Waals surface area (Å²) in [7, 11) is 1.57. The lowest BCUT2D eigenvalue weighted by molar-refractivity contribution is 0.341. The molecule has 0 atom stereocenters. The molecular formula is C13H12O4. The molecular weight excluding hydrogens is 220 g/mol. The second-order valence-electron chi connectivity index (χ2n) is 3.70. The lowest BCUT2D eigenvalue weighted by Gasteiger charge is -2.03. The first kappa shape index (κ1) is 11.3. The first-order valence-corrected chi connectivity index (χ1v) is 5.08. The first-order chi connectivity index (χ1) is 8.11. The lowest BCUT2D eigenvalue weighted by atomic mass is 10.1. The number of hydrogen-bond acceptors (Lipinski definition) is 4. The SMILES string of the molecule is CO/C=C/c1cc2cc(O)c(=O)oc2cc1C. The molecule has 1 aromatic heterocycles. The Balaban J connectivity index is 2.67. The Bertz CT molecular complexity index is 638. The average molecular weight is 232 g/mol. The maximum Gasteiger partial charge on any atom is 0.378 e. The Morgan fingerprint density at radius 1 is 1.35 bits per heavy atom. The minimum atomic E-state index is -0.725. The standard InChI is InChI=1S/C13H12O4/c1-8-5-12-10(6-9(8)3-4-16-2)7-11(14)13(15)17-12/h3-7,14H,1-2H3/b4-3+. The van der Waals surface area contributed by atoms with Crippen LogP contribution in [-0.2, 0) is 4.74 Å². The average Bonchev–Trinajstić information content (AvgIpc) is 2.29. The van der Waals surface area contributed by atoms with Crippen molar-refractivity contribution in [3.8, 4) is 5.75 Å². The van der Waals surface area contributed by atoms with Crippen molar-refractivity contribution in [1.82, 2.24) is 0 Å². The number of aromatic hydroxyl groups is 1. The van der Waals surface area contributed by atoms with Gasteiger partial charge in [0.1, 0.15) is 5.58 Å². The van der Waals surface area contributed by atoms with E-state index in [4.69, 9.17) is 9.15 Å². The highest BCUT2D eigenvalue weighted by Crippen LogP contribution is 2.22. The monoisotopic (exact) mass is 232 g/mol. The topological polar surface area (TPSA) is 59.7 Å². The zero-order chi connectivity index (χ0) is 12.4. The van der Waals surface area contributed by atoms with Crippen LogP contribution in [0.4, 0.5) is 0 Å². The molecule has 0 saturated heterocycles. The van der Waals surface area contributed by atoms with E-state index in [9.17, 15) is 9.90 Å². The van der Waals surface area contributed by atoms with Crippen molar-refractivity contribution >= 4 is 17.0 Å². The molecule has 0 aliphatic rings. The molecule has 0 spiro atoms. The molecule has 0 fully saturated rings. The van der Waals surface area contributed by atoms with Crippen molar-refractivity contribution in [2.24, 2.45) is 0 Å². The molecule has 88 valence electrons. The summed E-state index contributed by atoms with van der Waals surface area (Å²) in [5, 5.41) is 9.97. The summed E-state index contributed by atoms with van der Waals surface area (Å²) in [6.07, 6.45) is 3.37. The van der Waals surface area contributed by atoms with Crippen LogP contribution in [0.2, 0.25) is 0 Å². The fraction of sp³-hybridized carbons (Fsp3) is 0.154. The molecule has 1 N–H and O–H groups in total. The minimum absolute atomic E-state index is 0.386. The van der Waals surface area contributed by atoms with Gasteiger partial charge in [0.05, 0.1) is 13.4 Å². The largest absolute Gasteiger partial charge is 0.504 e. The van der Waals surface area contributed by atoms with E-state index < -0.39 is 5.63 Å². The van der Waals surface area contributed by atoms with Crippen LogP contribution in [0.25, 0.3) is 17.0 Å². The summed E-state index contributed by atoms with van der Waals surface area (Å²) in [6, 6.07) is 4.97. The van der Waals surface area contributed by atoms with E-state index in [0.717, 1.165) is 11.1 Å². The smallest absolute Gasteiger partial charge is 0.378 e. The lowest BCUT2D eigenvalue weighted by Crippen LogP contribution is -1.97. The van der Waals surface area contributed by atoms with E-state index >= 15 is 0 Å². The zero-order valence-electron chi connectivity index (χ0n) is 9.56. The summed E-state index contributed by atoms with van der Waals surface area (Å²) in [5.74, 6) is -0.386. The van der Waals surface area contributed by atoms with Crippen LogP contribution in [0.5, 0.6) is 5.75 Å². The summed E-state index contributed by atoms with van der Waals surface area (Å²) in [4.78, 5) is 11.2. The maximum absolute atomic E-state index is 11.2. The van der Waals surface area contributed by atoms with Gasteiger partial charge < -0.3 is 14.3 Å². The Morgan fingerprint density at radius 3 is 2.82 bits per heavy atom. The van der Waals surface area contributed by atoms with Gasteiger partial charge in [-0.25, -0.2) is 4.79 Å². The van der Waals surface area contributed by atoms with Crippen molar-refractivity contribution in [3.63, 3.8) is 0 Å².